The van der Waals surface area contributed by atoms with Gasteiger partial charge in [-0.3, -0.25) is 5.01 Å². The standard InChI is InChI=1S/C10H21IN2OSi/c1-12-7-10(11)8-13(12)9-14-5-6-15(2,3)4/h8H,5-7,9H2,1-4H3/i1D3. The minimum Gasteiger partial charge on any atom is -0.360 e. The van der Waals surface area contributed by atoms with Gasteiger partial charge in [0.1, 0.15) is 6.73 Å². The Hall–Kier alpha value is 0.407. The Morgan fingerprint density at radius 2 is 2.33 bits per heavy atom. The predicted octanol–water partition coefficient (Wildman–Crippen LogP) is 2.74. The molecule has 0 saturated heterocycles. The number of hydrogen-bond acceptors (Lipinski definition) is 3. The van der Waals surface area contributed by atoms with E-state index >= 15 is 0 Å². The fraction of sp³-hybridized carbons (Fsp3) is 0.800. The van der Waals surface area contributed by atoms with Crippen molar-refractivity contribution in [2.75, 3.05) is 26.9 Å². The first-order valence-corrected chi connectivity index (χ1v) is 9.86. The molecule has 0 spiro atoms. The van der Waals surface area contributed by atoms with E-state index in [2.05, 4.69) is 42.2 Å². The Bertz CT molecular complexity index is 317. The summed E-state index contributed by atoms with van der Waals surface area (Å²) < 4.78 is 29.0. The number of rotatable bonds is 5. The molecule has 88 valence electrons. The van der Waals surface area contributed by atoms with Gasteiger partial charge in [-0.15, -0.1) is 0 Å². The summed E-state index contributed by atoms with van der Waals surface area (Å²) in [5, 5.41) is 3.02. The van der Waals surface area contributed by atoms with Crippen molar-refractivity contribution in [2.24, 2.45) is 0 Å². The highest BCUT2D eigenvalue weighted by Gasteiger charge is 2.17. The number of ether oxygens (including phenoxy) is 1. The van der Waals surface area contributed by atoms with E-state index in [0.717, 1.165) is 9.62 Å². The highest BCUT2D eigenvalue weighted by Crippen LogP contribution is 2.18. The molecule has 1 heterocycles. The van der Waals surface area contributed by atoms with Gasteiger partial charge in [-0.1, -0.05) is 19.6 Å². The Morgan fingerprint density at radius 1 is 1.60 bits per heavy atom. The molecular formula is C10H21IN2OSi. The van der Waals surface area contributed by atoms with Gasteiger partial charge in [0, 0.05) is 35.5 Å². The van der Waals surface area contributed by atoms with Gasteiger partial charge >= 0.3 is 0 Å². The summed E-state index contributed by atoms with van der Waals surface area (Å²) in [5.41, 5.74) is 0. The van der Waals surface area contributed by atoms with Crippen LogP contribution >= 0.6 is 22.6 Å². The molecule has 1 rings (SSSR count). The smallest absolute Gasteiger partial charge is 0.132 e. The molecular weight excluding hydrogens is 319 g/mol. The van der Waals surface area contributed by atoms with Gasteiger partial charge in [-0.05, 0) is 28.6 Å². The molecule has 0 amide bonds. The molecule has 5 heteroatoms. The minimum atomic E-state index is -2.11. The van der Waals surface area contributed by atoms with Crippen LogP contribution in [0.3, 0.4) is 0 Å². The number of likely N-dealkylation sites (N-methyl/N-ethyl adjacent to an activating group) is 1. The van der Waals surface area contributed by atoms with Crippen molar-refractivity contribution >= 4 is 30.7 Å². The van der Waals surface area contributed by atoms with Crippen LogP contribution in [0.4, 0.5) is 0 Å². The first-order chi connectivity index (χ1) is 8.09. The van der Waals surface area contributed by atoms with Crippen LogP contribution in [0.15, 0.2) is 9.78 Å². The van der Waals surface area contributed by atoms with Crippen LogP contribution in [0.1, 0.15) is 4.11 Å². The van der Waals surface area contributed by atoms with E-state index in [1.54, 1.807) is 5.01 Å². The zero-order chi connectivity index (χ0) is 14.0. The molecule has 0 N–H and O–H groups in total. The third-order valence-electron chi connectivity index (χ3n) is 2.12. The first-order valence-electron chi connectivity index (χ1n) is 6.58. The average Bonchev–Trinajstić information content (AvgIpc) is 2.52. The average molecular weight is 343 g/mol. The van der Waals surface area contributed by atoms with Crippen LogP contribution in [0.2, 0.25) is 25.7 Å². The molecule has 0 unspecified atom stereocenters. The number of halogens is 1. The SMILES string of the molecule is [2H]C([2H])([2H])N1CC(I)=CN1COCC[Si](C)(C)C. The largest absolute Gasteiger partial charge is 0.360 e. The second-order valence-electron chi connectivity index (χ2n) is 4.92. The molecule has 0 radical (unpaired) electrons. The zero-order valence-electron chi connectivity index (χ0n) is 12.6. The van der Waals surface area contributed by atoms with Crippen LogP contribution in [0.25, 0.3) is 0 Å². The predicted molar refractivity (Wildman–Crippen MR) is 75.5 cm³/mol. The summed E-state index contributed by atoms with van der Waals surface area (Å²) in [4.78, 5) is 0. The maximum atomic E-state index is 7.46. The molecule has 1 aliphatic heterocycles. The Kier molecular flexibility index (Phi) is 3.56. The number of nitrogens with zero attached hydrogens (tertiary/aromatic N) is 2. The Balaban J connectivity index is 2.40. The summed E-state index contributed by atoms with van der Waals surface area (Å²) in [7, 11) is -1.09. The van der Waals surface area contributed by atoms with Crippen LogP contribution in [0, 0.1) is 0 Å². The van der Waals surface area contributed by atoms with Crippen LogP contribution < -0.4 is 0 Å². The van der Waals surface area contributed by atoms with E-state index in [4.69, 9.17) is 8.85 Å². The summed E-state index contributed by atoms with van der Waals surface area (Å²) >= 11 is 2.16. The van der Waals surface area contributed by atoms with Gasteiger partial charge in [0.25, 0.3) is 0 Å². The lowest BCUT2D eigenvalue weighted by atomic mass is 10.6. The lowest BCUT2D eigenvalue weighted by Gasteiger charge is -2.25. The van der Waals surface area contributed by atoms with Crippen molar-refractivity contribution in [1.29, 1.82) is 0 Å². The van der Waals surface area contributed by atoms with Crippen molar-refractivity contribution in [3.8, 4) is 0 Å². The van der Waals surface area contributed by atoms with Crippen LogP contribution in [0.5, 0.6) is 0 Å². The van der Waals surface area contributed by atoms with Crippen molar-refractivity contribution in [3.63, 3.8) is 0 Å². The van der Waals surface area contributed by atoms with Gasteiger partial charge in [0.05, 0.1) is 6.54 Å². The molecule has 1 aliphatic rings. The second-order valence-corrected chi connectivity index (χ2v) is 11.9. The van der Waals surface area contributed by atoms with Crippen molar-refractivity contribution in [3.05, 3.63) is 9.78 Å². The van der Waals surface area contributed by atoms with E-state index in [0.29, 0.717) is 19.9 Å². The van der Waals surface area contributed by atoms with E-state index in [1.165, 1.54) is 5.01 Å². The fourth-order valence-corrected chi connectivity index (χ4v) is 2.55. The lowest BCUT2D eigenvalue weighted by Crippen LogP contribution is -2.34. The molecule has 0 bridgehead atoms. The van der Waals surface area contributed by atoms with Gasteiger partial charge in [0.15, 0.2) is 0 Å². The van der Waals surface area contributed by atoms with Crippen molar-refractivity contribution in [2.45, 2.75) is 25.7 Å². The molecule has 0 saturated carbocycles. The Labute approximate surface area is 112 Å². The van der Waals surface area contributed by atoms with Crippen molar-refractivity contribution in [1.82, 2.24) is 10.0 Å². The van der Waals surface area contributed by atoms with Crippen LogP contribution in [-0.4, -0.2) is 44.9 Å². The topological polar surface area (TPSA) is 15.7 Å². The van der Waals surface area contributed by atoms with E-state index < -0.39 is 15.0 Å². The third-order valence-corrected chi connectivity index (χ3v) is 4.44. The van der Waals surface area contributed by atoms with Crippen molar-refractivity contribution < 1.29 is 8.85 Å². The molecule has 3 nitrogen and oxygen atoms in total. The van der Waals surface area contributed by atoms with Crippen LogP contribution in [-0.2, 0) is 4.74 Å². The zero-order valence-corrected chi connectivity index (χ0v) is 12.7. The highest BCUT2D eigenvalue weighted by atomic mass is 127. The quantitative estimate of drug-likeness (QED) is 0.434. The molecule has 0 aliphatic carbocycles. The normalized spacial score (nSPS) is 22.3. The molecule has 0 atom stereocenters. The maximum absolute atomic E-state index is 7.46. The summed E-state index contributed by atoms with van der Waals surface area (Å²) in [6.45, 7) is 6.23. The number of hydrazine groups is 1. The van der Waals surface area contributed by atoms with Gasteiger partial charge in [0.2, 0.25) is 0 Å². The minimum absolute atomic E-state index is 0.315. The van der Waals surface area contributed by atoms with Gasteiger partial charge < -0.3 is 4.74 Å². The van der Waals surface area contributed by atoms with E-state index in [1.807, 2.05) is 6.20 Å². The first kappa shape index (κ1) is 9.44. The maximum Gasteiger partial charge on any atom is 0.132 e. The molecule has 0 aromatic carbocycles. The monoisotopic (exact) mass is 343 g/mol. The Morgan fingerprint density at radius 3 is 2.93 bits per heavy atom. The molecule has 0 aromatic heterocycles. The van der Waals surface area contributed by atoms with Gasteiger partial charge in [-0.2, -0.15) is 0 Å². The summed E-state index contributed by atoms with van der Waals surface area (Å²) in [5.74, 6) is 0. The second kappa shape index (κ2) is 5.65. The molecule has 0 aromatic rings. The molecule has 15 heavy (non-hydrogen) atoms. The number of hydrogen-bond donors (Lipinski definition) is 0. The third kappa shape index (κ3) is 5.33. The van der Waals surface area contributed by atoms with E-state index in [9.17, 15) is 0 Å². The lowest BCUT2D eigenvalue weighted by molar-refractivity contribution is -0.0367. The summed E-state index contributed by atoms with van der Waals surface area (Å²) in [6.07, 6.45) is 1.83. The van der Waals surface area contributed by atoms with E-state index in [-0.39, 0.29) is 0 Å². The van der Waals surface area contributed by atoms with Gasteiger partial charge in [-0.25, -0.2) is 5.01 Å². The molecule has 0 fully saturated rings. The fourth-order valence-electron chi connectivity index (χ4n) is 1.15. The summed E-state index contributed by atoms with van der Waals surface area (Å²) in [6, 6.07) is 1.09. The highest BCUT2D eigenvalue weighted by molar-refractivity contribution is 14.1.